The number of amides is 2. The first-order valence-electron chi connectivity index (χ1n) is 32.0. The molecule has 7 aliphatic carbocycles. The van der Waals surface area contributed by atoms with Crippen LogP contribution < -0.4 is 34.9 Å². The van der Waals surface area contributed by atoms with Gasteiger partial charge in [-0.2, -0.15) is 16.8 Å². The fraction of sp³-hybridized carbons (Fsp3) is 0.569. The highest BCUT2D eigenvalue weighted by Crippen LogP contribution is 2.94. The van der Waals surface area contributed by atoms with Gasteiger partial charge < -0.3 is 25.4 Å². The highest BCUT2D eigenvalue weighted by atomic mass is 35.5. The van der Waals surface area contributed by atoms with Gasteiger partial charge in [0.15, 0.2) is 21.7 Å². The van der Waals surface area contributed by atoms with Crippen molar-refractivity contribution in [3.05, 3.63) is 107 Å². The van der Waals surface area contributed by atoms with Gasteiger partial charge in [-0.1, -0.05) is 49.2 Å². The summed E-state index contributed by atoms with van der Waals surface area (Å²) in [6, 6.07) is 18.8. The predicted molar refractivity (Wildman–Crippen MR) is 341 cm³/mol. The Morgan fingerprint density at radius 1 is 0.567 bits per heavy atom. The molecular weight excluding hydrogens is 1230 g/mol. The molecule has 14 rings (SSSR count). The molecule has 2 atom stereocenters. The second-order valence-electron chi connectivity index (χ2n) is 28.1. The van der Waals surface area contributed by atoms with Crippen LogP contribution in [0.15, 0.2) is 95.2 Å². The van der Waals surface area contributed by atoms with E-state index in [9.17, 15) is 26.4 Å². The number of nitrogens with zero attached hydrogens (tertiary/aromatic N) is 8. The van der Waals surface area contributed by atoms with Gasteiger partial charge in [0, 0.05) is 43.2 Å². The van der Waals surface area contributed by atoms with Crippen LogP contribution in [0.4, 0.5) is 11.6 Å². The van der Waals surface area contributed by atoms with Crippen LogP contribution in [0.1, 0.15) is 164 Å². The first kappa shape index (κ1) is 62.4. The Morgan fingerprint density at radius 2 is 1.01 bits per heavy atom. The highest BCUT2D eigenvalue weighted by Gasteiger charge is 2.86. The lowest BCUT2D eigenvalue weighted by Gasteiger charge is -2.17. The van der Waals surface area contributed by atoms with Crippen molar-refractivity contribution in [3.63, 3.8) is 0 Å². The van der Waals surface area contributed by atoms with Crippen molar-refractivity contribution >= 4 is 66.7 Å². The number of sulfonamides is 2. The lowest BCUT2D eigenvalue weighted by Crippen LogP contribution is -2.31. The summed E-state index contributed by atoms with van der Waals surface area (Å²) in [7, 11) is -8.51. The van der Waals surface area contributed by atoms with Crippen LogP contribution in [0, 0.1) is 50.7 Å². The molecule has 21 nitrogen and oxygen atoms in total. The van der Waals surface area contributed by atoms with Crippen molar-refractivity contribution in [3.8, 4) is 23.4 Å². The Hall–Kier alpha value is -6.40. The van der Waals surface area contributed by atoms with Gasteiger partial charge in [0.1, 0.15) is 21.9 Å². The molecule has 1 aliphatic heterocycles. The van der Waals surface area contributed by atoms with E-state index in [2.05, 4.69) is 83.2 Å². The van der Waals surface area contributed by atoms with Crippen LogP contribution in [0.2, 0.25) is 10.3 Å². The van der Waals surface area contributed by atoms with Gasteiger partial charge in [-0.05, 0) is 235 Å². The molecule has 6 aromatic rings. The van der Waals surface area contributed by atoms with Crippen molar-refractivity contribution in [2.75, 3.05) is 43.5 Å². The highest BCUT2D eigenvalue weighted by molar-refractivity contribution is 7.90. The van der Waals surface area contributed by atoms with Gasteiger partial charge in [0.2, 0.25) is 11.8 Å². The first-order valence-corrected chi connectivity index (χ1v) is 35.8. The monoisotopic (exact) mass is 1310 g/mol. The van der Waals surface area contributed by atoms with E-state index in [-0.39, 0.29) is 37.0 Å². The Labute approximate surface area is 536 Å². The molecule has 8 aliphatic rings. The largest absolute Gasteiger partial charge is 0.477 e. The van der Waals surface area contributed by atoms with Crippen molar-refractivity contribution in [2.45, 2.75) is 159 Å². The zero-order chi connectivity index (χ0) is 62.9. The number of hydrogen-bond donors (Lipinski definition) is 5. The van der Waals surface area contributed by atoms with Crippen LogP contribution in [0.3, 0.4) is 0 Å². The smallest absolute Gasteiger partial charge is 0.281 e. The van der Waals surface area contributed by atoms with Crippen molar-refractivity contribution < 1.29 is 35.9 Å². The number of fused-ring (bicyclic) bond motifs is 2. The van der Waals surface area contributed by atoms with E-state index in [0.29, 0.717) is 94.3 Å². The average Bonchev–Trinajstić information content (AvgIpc) is 1.46. The molecular formula is C65H81Cl2N13O8S2. The van der Waals surface area contributed by atoms with E-state index in [4.69, 9.17) is 32.7 Å². The molecule has 0 unspecified atom stereocenters. The summed E-state index contributed by atoms with van der Waals surface area (Å²) in [5, 5.41) is 18.0. The third-order valence-corrected chi connectivity index (χ3v) is 24.1. The standard InChI is InChI=1S/C33H41ClN6O4S.C32H40ClN7O4S/c1-31(2)13-10-22(21-31)5-4-18-35-25-6-3-7-28(36-25)45(42,43)39-30(41)23-8-9-26(37-29(23)34)40-19-11-27(38-40)44-20-12-24-32(14-15-32)33(24)16-17-33;1-30(2)19-21(20-35-30)5-4-16-34-24-6-3-7-27(36-24)45(42,43)39-29(41)22-8-9-25(37-28(22)33)40-17-10-26(38-40)44-18-11-23-31(12-13-31)32(23)14-15-32/h3,6-9,11,19,22,24H,4-5,10,12-18,20-21H2,1-2H3,(H,35,36)(H,39,41);3,6-10,17,21,23,35H,4-5,11-16,18-20H2,1-2H3,(H,34,36)(H,39,41)/t22-;21-/m10/s1. The molecule has 7 heterocycles. The minimum absolute atomic E-state index is 0.0792. The molecule has 8 fully saturated rings. The third-order valence-electron chi connectivity index (χ3n) is 21.1. The number of carbonyl (C=O) groups is 2. The topological polar surface area (TPSA) is 268 Å². The molecule has 25 heteroatoms. The molecule has 480 valence electrons. The van der Waals surface area contributed by atoms with Crippen molar-refractivity contribution in [1.82, 2.24) is 54.3 Å². The number of ether oxygens (including phenoxy) is 2. The summed E-state index contributed by atoms with van der Waals surface area (Å²) in [5.41, 5.74) is 3.09. The Morgan fingerprint density at radius 3 is 1.40 bits per heavy atom. The second kappa shape index (κ2) is 23.9. The van der Waals surface area contributed by atoms with Gasteiger partial charge in [-0.15, -0.1) is 10.2 Å². The lowest BCUT2D eigenvalue weighted by atomic mass is 9.89. The van der Waals surface area contributed by atoms with E-state index < -0.39 is 31.9 Å². The summed E-state index contributed by atoms with van der Waals surface area (Å²) in [4.78, 5) is 42.9. The molecule has 0 radical (unpaired) electrons. The normalized spacial score (nSPS) is 22.0. The summed E-state index contributed by atoms with van der Waals surface area (Å²) in [5.74, 6) is 3.81. The van der Waals surface area contributed by atoms with Crippen LogP contribution >= 0.6 is 23.2 Å². The molecule has 4 spiro atoms. The molecule has 7 saturated carbocycles. The zero-order valence-electron chi connectivity index (χ0n) is 51.6. The summed E-state index contributed by atoms with van der Waals surface area (Å²) in [6.07, 6.45) is 25.7. The van der Waals surface area contributed by atoms with E-state index in [1.807, 2.05) is 0 Å². The molecule has 0 aromatic carbocycles. The minimum atomic E-state index is -4.26. The van der Waals surface area contributed by atoms with Crippen molar-refractivity contribution in [2.24, 2.45) is 50.7 Å². The van der Waals surface area contributed by atoms with Gasteiger partial charge >= 0.3 is 0 Å². The third kappa shape index (κ3) is 13.0. The first-order chi connectivity index (χ1) is 43.0. The number of carbonyl (C=O) groups excluding carboxylic acids is 2. The SMILES string of the molecule is CC1(C)CC[C@@H](CCCNc2cccc(S(=O)(=O)NC(=O)c3ccc(-n4ccc(OCCC5C6(CC6)C56CC6)n4)nc3Cl)n2)C1.CC1(C)C[C@H](CCCNc2cccc(S(=O)(=O)NC(=O)c3ccc(-n4ccc(OCCC5C6(CC6)C56CC6)n4)nc3Cl)n2)CN1. The summed E-state index contributed by atoms with van der Waals surface area (Å²) in [6.45, 7) is 12.7. The maximum Gasteiger partial charge on any atom is 0.281 e. The number of aromatic nitrogens is 8. The zero-order valence-corrected chi connectivity index (χ0v) is 54.7. The van der Waals surface area contributed by atoms with Crippen LogP contribution in [-0.4, -0.2) is 107 Å². The number of pyridine rings is 4. The number of nitrogens with one attached hydrogen (secondary N) is 5. The molecule has 90 heavy (non-hydrogen) atoms. The van der Waals surface area contributed by atoms with Gasteiger partial charge in [0.25, 0.3) is 31.9 Å². The maximum atomic E-state index is 13.0. The molecule has 5 N–H and O–H groups in total. The van der Waals surface area contributed by atoms with Crippen LogP contribution in [0.5, 0.6) is 11.8 Å². The van der Waals surface area contributed by atoms with E-state index in [1.54, 1.807) is 60.9 Å². The number of anilines is 2. The van der Waals surface area contributed by atoms with Gasteiger partial charge in [-0.3, -0.25) is 9.59 Å². The van der Waals surface area contributed by atoms with Crippen LogP contribution in [0.25, 0.3) is 11.6 Å². The number of halogens is 2. The molecule has 6 aromatic heterocycles. The van der Waals surface area contributed by atoms with Gasteiger partial charge in [0.05, 0.1) is 24.3 Å². The Balaban J connectivity index is 0.000000165. The Kier molecular flexibility index (Phi) is 16.6. The summed E-state index contributed by atoms with van der Waals surface area (Å²) >= 11 is 12.7. The average molecular weight is 1310 g/mol. The predicted octanol–water partition coefficient (Wildman–Crippen LogP) is 11.4. The van der Waals surface area contributed by atoms with E-state index in [0.717, 1.165) is 69.2 Å². The Bertz CT molecular complexity index is 3650. The minimum Gasteiger partial charge on any atom is -0.477 e. The van der Waals surface area contributed by atoms with Crippen LogP contribution in [-0.2, 0) is 20.0 Å². The van der Waals surface area contributed by atoms with E-state index >= 15 is 0 Å². The lowest BCUT2D eigenvalue weighted by molar-refractivity contribution is 0.0972. The quantitative estimate of drug-likeness (QED) is 0.0249. The van der Waals surface area contributed by atoms with Gasteiger partial charge in [-0.25, -0.2) is 38.7 Å². The number of hydrogen-bond acceptors (Lipinski definition) is 17. The maximum absolute atomic E-state index is 13.0. The molecule has 0 bridgehead atoms. The molecule has 1 saturated heterocycles. The fourth-order valence-electron chi connectivity index (χ4n) is 16.1. The fourth-order valence-corrected chi connectivity index (χ4v) is 18.4. The van der Waals surface area contributed by atoms with Crippen molar-refractivity contribution in [1.29, 1.82) is 0 Å². The molecule has 2 amide bonds. The summed E-state index contributed by atoms with van der Waals surface area (Å²) < 4.78 is 71.1. The second-order valence-corrected chi connectivity index (χ2v) is 32.0. The number of rotatable bonds is 26. The van der Waals surface area contributed by atoms with E-state index in [1.165, 1.54) is 104 Å².